The minimum absolute atomic E-state index is 0.0557. The van der Waals surface area contributed by atoms with Gasteiger partial charge in [0.05, 0.1) is 5.69 Å². The van der Waals surface area contributed by atoms with Crippen LogP contribution in [-0.4, -0.2) is 15.0 Å². The molecule has 0 atom stereocenters. The topological polar surface area (TPSA) is 39.9 Å². The molecule has 0 unspecified atom stereocenters. The third kappa shape index (κ3) is 1.52. The predicted molar refractivity (Wildman–Crippen MR) is 64.4 cm³/mol. The SMILES string of the molecule is CC(C)(C)c1nnn2c1OCc1ccccc1-2. The minimum atomic E-state index is -0.0557. The van der Waals surface area contributed by atoms with E-state index in [4.69, 9.17) is 4.74 Å². The van der Waals surface area contributed by atoms with Crippen LogP contribution in [0, 0.1) is 0 Å². The average molecular weight is 229 g/mol. The van der Waals surface area contributed by atoms with Crippen LogP contribution in [0.5, 0.6) is 5.88 Å². The van der Waals surface area contributed by atoms with E-state index in [0.29, 0.717) is 6.61 Å². The Balaban J connectivity index is 2.20. The van der Waals surface area contributed by atoms with Gasteiger partial charge >= 0.3 is 0 Å². The number of ether oxygens (including phenoxy) is 1. The molecule has 0 bridgehead atoms. The molecule has 2 heterocycles. The van der Waals surface area contributed by atoms with Gasteiger partial charge in [0, 0.05) is 11.0 Å². The maximum atomic E-state index is 5.79. The summed E-state index contributed by atoms with van der Waals surface area (Å²) in [7, 11) is 0. The molecule has 2 aromatic rings. The summed E-state index contributed by atoms with van der Waals surface area (Å²) in [6, 6.07) is 8.11. The first-order valence-electron chi connectivity index (χ1n) is 5.74. The first-order chi connectivity index (χ1) is 8.07. The van der Waals surface area contributed by atoms with Crippen molar-refractivity contribution in [3.63, 3.8) is 0 Å². The number of benzene rings is 1. The Morgan fingerprint density at radius 3 is 2.76 bits per heavy atom. The van der Waals surface area contributed by atoms with Crippen LogP contribution in [0.4, 0.5) is 0 Å². The Morgan fingerprint density at radius 1 is 1.24 bits per heavy atom. The van der Waals surface area contributed by atoms with Crippen LogP contribution in [0.3, 0.4) is 0 Å². The monoisotopic (exact) mass is 229 g/mol. The largest absolute Gasteiger partial charge is 0.471 e. The fourth-order valence-electron chi connectivity index (χ4n) is 2.02. The van der Waals surface area contributed by atoms with Crippen LogP contribution < -0.4 is 4.74 Å². The molecule has 0 aliphatic carbocycles. The van der Waals surface area contributed by atoms with Crippen molar-refractivity contribution in [3.05, 3.63) is 35.5 Å². The quantitative estimate of drug-likeness (QED) is 0.696. The normalized spacial score (nSPS) is 13.8. The smallest absolute Gasteiger partial charge is 0.241 e. The Kier molecular flexibility index (Phi) is 2.02. The lowest BCUT2D eigenvalue weighted by Crippen LogP contribution is -2.17. The van der Waals surface area contributed by atoms with Gasteiger partial charge in [0.15, 0.2) is 0 Å². The molecule has 1 aliphatic rings. The number of fused-ring (bicyclic) bond motifs is 3. The molecular formula is C13H15N3O. The number of aromatic nitrogens is 3. The van der Waals surface area contributed by atoms with Crippen molar-refractivity contribution in [2.45, 2.75) is 32.8 Å². The van der Waals surface area contributed by atoms with E-state index in [-0.39, 0.29) is 5.41 Å². The zero-order valence-electron chi connectivity index (χ0n) is 10.3. The second kappa shape index (κ2) is 3.32. The van der Waals surface area contributed by atoms with E-state index in [0.717, 1.165) is 22.8 Å². The summed E-state index contributed by atoms with van der Waals surface area (Å²) in [4.78, 5) is 0. The average Bonchev–Trinajstić information content (AvgIpc) is 2.72. The van der Waals surface area contributed by atoms with E-state index >= 15 is 0 Å². The summed E-state index contributed by atoms with van der Waals surface area (Å²) in [6.07, 6.45) is 0. The molecule has 0 fully saturated rings. The molecular weight excluding hydrogens is 214 g/mol. The van der Waals surface area contributed by atoms with Gasteiger partial charge < -0.3 is 4.74 Å². The molecule has 4 heteroatoms. The second-order valence-electron chi connectivity index (χ2n) is 5.32. The van der Waals surface area contributed by atoms with Crippen molar-refractivity contribution < 1.29 is 4.74 Å². The lowest BCUT2D eigenvalue weighted by molar-refractivity contribution is 0.263. The molecule has 4 nitrogen and oxygen atoms in total. The first kappa shape index (κ1) is 10.3. The van der Waals surface area contributed by atoms with Crippen LogP contribution in [0.1, 0.15) is 32.0 Å². The van der Waals surface area contributed by atoms with Crippen LogP contribution in [0.25, 0.3) is 5.69 Å². The van der Waals surface area contributed by atoms with Crippen LogP contribution >= 0.6 is 0 Å². The van der Waals surface area contributed by atoms with Crippen LogP contribution in [0.2, 0.25) is 0 Å². The predicted octanol–water partition coefficient (Wildman–Crippen LogP) is 2.46. The molecule has 1 aliphatic heterocycles. The molecule has 88 valence electrons. The Labute approximate surface area is 100 Å². The van der Waals surface area contributed by atoms with Gasteiger partial charge in [-0.25, -0.2) is 0 Å². The van der Waals surface area contributed by atoms with Crippen molar-refractivity contribution in [2.75, 3.05) is 0 Å². The fourth-order valence-corrected chi connectivity index (χ4v) is 2.02. The highest BCUT2D eigenvalue weighted by molar-refractivity contribution is 5.46. The fraction of sp³-hybridized carbons (Fsp3) is 0.385. The van der Waals surface area contributed by atoms with Crippen molar-refractivity contribution in [2.24, 2.45) is 0 Å². The van der Waals surface area contributed by atoms with E-state index in [2.05, 4.69) is 37.1 Å². The molecule has 3 rings (SSSR count). The van der Waals surface area contributed by atoms with E-state index in [1.807, 2.05) is 18.2 Å². The van der Waals surface area contributed by atoms with E-state index in [9.17, 15) is 0 Å². The number of hydrogen-bond donors (Lipinski definition) is 0. The van der Waals surface area contributed by atoms with Gasteiger partial charge in [0.1, 0.15) is 12.3 Å². The maximum absolute atomic E-state index is 5.79. The molecule has 0 radical (unpaired) electrons. The summed E-state index contributed by atoms with van der Waals surface area (Å²) in [5.74, 6) is 0.774. The van der Waals surface area contributed by atoms with E-state index in [1.165, 1.54) is 0 Å². The molecule has 0 spiro atoms. The number of para-hydroxylation sites is 1. The van der Waals surface area contributed by atoms with Gasteiger partial charge in [0.2, 0.25) is 5.88 Å². The van der Waals surface area contributed by atoms with Crippen molar-refractivity contribution in [1.29, 1.82) is 0 Å². The second-order valence-corrected chi connectivity index (χ2v) is 5.32. The van der Waals surface area contributed by atoms with Gasteiger partial charge in [0.25, 0.3) is 0 Å². The third-order valence-corrected chi connectivity index (χ3v) is 2.92. The number of nitrogens with zero attached hydrogens (tertiary/aromatic N) is 3. The van der Waals surface area contributed by atoms with Crippen molar-refractivity contribution >= 4 is 0 Å². The summed E-state index contributed by atoms with van der Waals surface area (Å²) >= 11 is 0. The number of hydrogen-bond acceptors (Lipinski definition) is 3. The van der Waals surface area contributed by atoms with Gasteiger partial charge in [-0.2, -0.15) is 4.68 Å². The lowest BCUT2D eigenvalue weighted by Gasteiger charge is -2.22. The van der Waals surface area contributed by atoms with Crippen molar-refractivity contribution in [3.8, 4) is 11.6 Å². The first-order valence-corrected chi connectivity index (χ1v) is 5.74. The minimum Gasteiger partial charge on any atom is -0.471 e. The summed E-state index contributed by atoms with van der Waals surface area (Å²) in [6.45, 7) is 6.93. The zero-order valence-corrected chi connectivity index (χ0v) is 10.3. The van der Waals surface area contributed by atoms with Crippen molar-refractivity contribution in [1.82, 2.24) is 15.0 Å². The van der Waals surface area contributed by atoms with Gasteiger partial charge in [-0.15, -0.1) is 5.10 Å². The summed E-state index contributed by atoms with van der Waals surface area (Å²) in [5.41, 5.74) is 3.06. The molecule has 1 aromatic heterocycles. The Hall–Kier alpha value is -1.84. The highest BCUT2D eigenvalue weighted by Crippen LogP contribution is 2.34. The standard InChI is InChI=1S/C13H15N3O/c1-13(2,3)11-12-16(15-14-11)10-7-5-4-6-9(10)8-17-12/h4-7H,8H2,1-3H3. The molecule has 1 aromatic carbocycles. The summed E-state index contributed by atoms with van der Waals surface area (Å²) < 4.78 is 7.58. The maximum Gasteiger partial charge on any atom is 0.241 e. The van der Waals surface area contributed by atoms with Gasteiger partial charge in [-0.3, -0.25) is 0 Å². The molecule has 0 N–H and O–H groups in total. The lowest BCUT2D eigenvalue weighted by atomic mass is 9.92. The summed E-state index contributed by atoms with van der Waals surface area (Å²) in [5, 5.41) is 8.46. The molecule has 0 saturated carbocycles. The van der Waals surface area contributed by atoms with Crippen LogP contribution in [-0.2, 0) is 12.0 Å². The Morgan fingerprint density at radius 2 is 2.00 bits per heavy atom. The zero-order chi connectivity index (χ0) is 12.0. The molecule has 0 saturated heterocycles. The molecule has 0 amide bonds. The highest BCUT2D eigenvalue weighted by Gasteiger charge is 2.29. The van der Waals surface area contributed by atoms with E-state index in [1.54, 1.807) is 4.68 Å². The van der Waals surface area contributed by atoms with E-state index < -0.39 is 0 Å². The van der Waals surface area contributed by atoms with Gasteiger partial charge in [-0.05, 0) is 6.07 Å². The third-order valence-electron chi connectivity index (χ3n) is 2.92. The highest BCUT2D eigenvalue weighted by atomic mass is 16.5. The van der Waals surface area contributed by atoms with Crippen LogP contribution in [0.15, 0.2) is 24.3 Å². The number of rotatable bonds is 0. The Bertz CT molecular complexity index is 566. The molecule has 17 heavy (non-hydrogen) atoms. The van der Waals surface area contributed by atoms with Gasteiger partial charge in [-0.1, -0.05) is 44.2 Å².